The molecule has 0 aromatic carbocycles. The molecule has 0 unspecified atom stereocenters. The first-order valence-electron chi connectivity index (χ1n) is 4.07. The first kappa shape index (κ1) is 14.0. The summed E-state index contributed by atoms with van der Waals surface area (Å²) in [6.07, 6.45) is 0. The minimum atomic E-state index is 0. The quantitative estimate of drug-likeness (QED) is 0.483. The summed E-state index contributed by atoms with van der Waals surface area (Å²) in [5, 5.41) is 0.297. The van der Waals surface area contributed by atoms with E-state index in [1.54, 1.807) is 0 Å². The molecule has 7 heteroatoms. The van der Waals surface area contributed by atoms with E-state index in [-0.39, 0.29) is 23.1 Å². The van der Waals surface area contributed by atoms with Gasteiger partial charge in [-0.25, -0.2) is 9.97 Å². The molecule has 1 aromatic heterocycles. The van der Waals surface area contributed by atoms with Crippen molar-refractivity contribution in [1.29, 1.82) is 0 Å². The van der Waals surface area contributed by atoms with Crippen LogP contribution in [0.15, 0.2) is 5.16 Å². The van der Waals surface area contributed by atoms with Crippen LogP contribution in [0.5, 0.6) is 0 Å². The van der Waals surface area contributed by atoms with Crippen molar-refractivity contribution in [2.75, 3.05) is 18.0 Å². The van der Waals surface area contributed by atoms with Crippen LogP contribution in [0.3, 0.4) is 0 Å². The van der Waals surface area contributed by atoms with E-state index in [4.69, 9.17) is 24.8 Å². The maximum absolute atomic E-state index is 4.90. The third-order valence-corrected chi connectivity index (χ3v) is 2.06. The molecule has 0 amide bonds. The van der Waals surface area contributed by atoms with E-state index < -0.39 is 0 Å². The summed E-state index contributed by atoms with van der Waals surface area (Å²) in [4.78, 5) is 12.8. The summed E-state index contributed by atoms with van der Waals surface area (Å²) >= 11 is 9.77. The third-order valence-electron chi connectivity index (χ3n) is 1.68. The Morgan fingerprint density at radius 3 is 2.36 bits per heavy atom. The molecule has 14 heavy (non-hydrogen) atoms. The summed E-state index contributed by atoms with van der Waals surface area (Å²) in [5.74, 6) is 0.704. The average molecular weight is 240 g/mol. The molecule has 72 valence electrons. The van der Waals surface area contributed by atoms with Crippen molar-refractivity contribution < 1.29 is 0 Å². The van der Waals surface area contributed by atoms with E-state index in [0.717, 1.165) is 13.1 Å². The Kier molecular flexibility index (Phi) is 6.50. The van der Waals surface area contributed by atoms with Crippen LogP contribution in [0.2, 0.25) is 0 Å². The Morgan fingerprint density at radius 1 is 1.36 bits per heavy atom. The topological polar surface area (TPSA) is 44.8 Å². The van der Waals surface area contributed by atoms with Crippen LogP contribution < -0.4 is 4.90 Å². The van der Waals surface area contributed by atoms with Crippen molar-refractivity contribution in [3.05, 3.63) is 4.77 Å². The molecule has 4 nitrogen and oxygen atoms in total. The van der Waals surface area contributed by atoms with E-state index in [9.17, 15) is 0 Å². The van der Waals surface area contributed by atoms with Crippen molar-refractivity contribution >= 4 is 53.8 Å². The second-order valence-corrected chi connectivity index (χ2v) is 3.18. The summed E-state index contributed by atoms with van der Waals surface area (Å²) < 4.78 is 0.391. The predicted octanol–water partition coefficient (Wildman–Crippen LogP) is 0.905. The fraction of sp³-hybridized carbons (Fsp3) is 0.571. The maximum Gasteiger partial charge on any atom is 2.00 e. The smallest absolute Gasteiger partial charge is 0.740 e. The zero-order chi connectivity index (χ0) is 9.84. The first-order chi connectivity index (χ1) is 6.17. The molecule has 0 spiro atoms. The minimum Gasteiger partial charge on any atom is -0.740 e. The van der Waals surface area contributed by atoms with Crippen LogP contribution in [-0.4, -0.2) is 51.1 Å². The number of nitrogens with one attached hydrogen (secondary N) is 1. The van der Waals surface area contributed by atoms with Crippen LogP contribution in [-0.2, 0) is 12.6 Å². The summed E-state index contributed by atoms with van der Waals surface area (Å²) in [7, 11) is 0. The molecule has 0 bridgehead atoms. The average Bonchev–Trinajstić information content (AvgIpc) is 2.04. The van der Waals surface area contributed by atoms with Gasteiger partial charge in [-0.3, -0.25) is 0 Å². The monoisotopic (exact) mass is 239 g/mol. The standard InChI is InChI=1S/C7H12N4S2.Mg/c1-3-11(4-2)5-8-6(12)10-7(13)9-5;/h3-4H2,1-2H3,(H2,8,9,10,12,13);/q;+2/p-1. The van der Waals surface area contributed by atoms with E-state index in [2.05, 4.69) is 15.0 Å². The summed E-state index contributed by atoms with van der Waals surface area (Å²) in [6.45, 7) is 5.83. The summed E-state index contributed by atoms with van der Waals surface area (Å²) in [6, 6.07) is 0. The van der Waals surface area contributed by atoms with Gasteiger partial charge in [0, 0.05) is 18.2 Å². The molecule has 0 aliphatic carbocycles. The normalized spacial score (nSPS) is 9.29. The number of hydrogen-bond donors (Lipinski definition) is 1. The van der Waals surface area contributed by atoms with Crippen molar-refractivity contribution in [3.63, 3.8) is 0 Å². The van der Waals surface area contributed by atoms with E-state index in [1.807, 2.05) is 18.7 Å². The van der Waals surface area contributed by atoms with Crippen LogP contribution in [0, 0.1) is 4.77 Å². The SMILES string of the molecule is CCN(CC)c1nc([S-])nc(=S)[nH]1.[Mg+2]. The number of hydrogen-bond acceptors (Lipinski definition) is 5. The van der Waals surface area contributed by atoms with Crippen molar-refractivity contribution in [1.82, 2.24) is 15.0 Å². The van der Waals surface area contributed by atoms with Gasteiger partial charge in [0.2, 0.25) is 5.95 Å². The molecule has 1 N–H and O–H groups in total. The van der Waals surface area contributed by atoms with Crippen LogP contribution >= 0.6 is 12.2 Å². The van der Waals surface area contributed by atoms with Gasteiger partial charge in [0.25, 0.3) is 0 Å². The van der Waals surface area contributed by atoms with Gasteiger partial charge in [-0.1, -0.05) is 0 Å². The Balaban J connectivity index is 0.00000169. The number of aromatic amines is 1. The third kappa shape index (κ3) is 3.64. The number of anilines is 1. The Bertz CT molecular complexity index is 337. The Hall–Kier alpha value is 0.0162. The molecule has 1 heterocycles. The van der Waals surface area contributed by atoms with Crippen molar-refractivity contribution in [2.45, 2.75) is 19.0 Å². The fourth-order valence-corrected chi connectivity index (χ4v) is 1.44. The van der Waals surface area contributed by atoms with E-state index >= 15 is 0 Å². The second-order valence-electron chi connectivity index (χ2n) is 2.43. The Labute approximate surface area is 110 Å². The minimum absolute atomic E-state index is 0. The molecule has 0 aliphatic rings. The van der Waals surface area contributed by atoms with Gasteiger partial charge in [0.05, 0.1) is 0 Å². The first-order valence-corrected chi connectivity index (χ1v) is 4.89. The fourth-order valence-electron chi connectivity index (χ4n) is 1.03. The molecule has 0 aliphatic heterocycles. The van der Waals surface area contributed by atoms with Gasteiger partial charge in [-0.15, -0.1) is 0 Å². The number of aromatic nitrogens is 3. The van der Waals surface area contributed by atoms with Crippen LogP contribution in [0.25, 0.3) is 0 Å². The van der Waals surface area contributed by atoms with Gasteiger partial charge < -0.3 is 22.5 Å². The van der Waals surface area contributed by atoms with Crippen LogP contribution in [0.1, 0.15) is 13.8 Å². The molecule has 0 saturated heterocycles. The van der Waals surface area contributed by atoms with Crippen LogP contribution in [0.4, 0.5) is 5.95 Å². The molecule has 0 radical (unpaired) electrons. The van der Waals surface area contributed by atoms with Gasteiger partial charge in [-0.2, -0.15) is 0 Å². The number of rotatable bonds is 3. The molecule has 1 rings (SSSR count). The second kappa shape index (κ2) is 6.49. The zero-order valence-electron chi connectivity index (χ0n) is 8.28. The van der Waals surface area contributed by atoms with Gasteiger partial charge in [0.1, 0.15) is 0 Å². The van der Waals surface area contributed by atoms with Crippen molar-refractivity contribution in [3.8, 4) is 0 Å². The van der Waals surface area contributed by atoms with Gasteiger partial charge >= 0.3 is 23.1 Å². The maximum atomic E-state index is 4.90. The van der Waals surface area contributed by atoms with E-state index in [0.29, 0.717) is 15.9 Å². The molecule has 1 aromatic rings. The Morgan fingerprint density at radius 2 is 1.93 bits per heavy atom. The molecular weight excluding hydrogens is 229 g/mol. The molecule has 0 saturated carbocycles. The van der Waals surface area contributed by atoms with Crippen molar-refractivity contribution in [2.24, 2.45) is 0 Å². The van der Waals surface area contributed by atoms with Gasteiger partial charge in [0.15, 0.2) is 4.77 Å². The molecular formula is C7H11MgN4S2+. The number of H-pyrrole nitrogens is 1. The summed E-state index contributed by atoms with van der Waals surface area (Å²) in [5.41, 5.74) is 0. The zero-order valence-corrected chi connectivity index (χ0v) is 11.3. The number of nitrogens with zero attached hydrogens (tertiary/aromatic N) is 3. The molecule has 0 fully saturated rings. The van der Waals surface area contributed by atoms with E-state index in [1.165, 1.54) is 0 Å². The largest absolute Gasteiger partial charge is 2.00 e. The van der Waals surface area contributed by atoms with Gasteiger partial charge in [-0.05, 0) is 26.1 Å². The molecule has 0 atom stereocenters. The predicted molar refractivity (Wildman–Crippen MR) is 62.2 cm³/mol.